The predicted octanol–water partition coefficient (Wildman–Crippen LogP) is 3.56. The van der Waals surface area contributed by atoms with Crippen molar-refractivity contribution in [1.29, 1.82) is 0 Å². The summed E-state index contributed by atoms with van der Waals surface area (Å²) in [4.78, 5) is 9.25. The molecular formula is C16H16N6O2. The maximum absolute atomic E-state index is 9.25. The first-order chi connectivity index (χ1) is 11.7. The van der Waals surface area contributed by atoms with Gasteiger partial charge in [0, 0.05) is 6.08 Å². The van der Waals surface area contributed by atoms with Crippen molar-refractivity contribution < 1.29 is 9.90 Å². The summed E-state index contributed by atoms with van der Waals surface area (Å²) in [5.74, 6) is -0.981. The highest BCUT2D eigenvalue weighted by Gasteiger charge is 1.86. The van der Waals surface area contributed by atoms with E-state index in [9.17, 15) is 4.79 Å². The molecule has 3 aromatic rings. The van der Waals surface area contributed by atoms with E-state index < -0.39 is 5.97 Å². The number of hydrogen-bond acceptors (Lipinski definition) is 6. The smallest absolute Gasteiger partial charge is 0.327 e. The molecule has 0 aliphatic rings. The summed E-state index contributed by atoms with van der Waals surface area (Å²) in [6.45, 7) is 2.96. The van der Waals surface area contributed by atoms with Crippen LogP contribution in [0.4, 0.5) is 11.4 Å². The molecule has 0 saturated heterocycles. The third kappa shape index (κ3) is 9.29. The van der Waals surface area contributed by atoms with Crippen molar-refractivity contribution in [3.05, 3.63) is 79.6 Å². The van der Waals surface area contributed by atoms with Crippen molar-refractivity contribution in [2.75, 3.05) is 0 Å². The van der Waals surface area contributed by atoms with Gasteiger partial charge in [-0.05, 0) is 34.7 Å². The van der Waals surface area contributed by atoms with Gasteiger partial charge in [0.05, 0.1) is 11.4 Å². The van der Waals surface area contributed by atoms with Crippen molar-refractivity contribution in [2.45, 2.75) is 0 Å². The number of nitrogens with one attached hydrogen (secondary N) is 1. The van der Waals surface area contributed by atoms with Crippen LogP contribution >= 0.6 is 0 Å². The monoisotopic (exact) mass is 324 g/mol. The van der Waals surface area contributed by atoms with Gasteiger partial charge < -0.3 is 5.11 Å². The molecule has 0 aliphatic carbocycles. The minimum Gasteiger partial charge on any atom is -0.478 e. The molecule has 8 heteroatoms. The number of tetrazole rings is 1. The average molecular weight is 324 g/mol. The van der Waals surface area contributed by atoms with Crippen LogP contribution in [-0.2, 0) is 4.79 Å². The minimum atomic E-state index is -0.981. The van der Waals surface area contributed by atoms with Crippen LogP contribution in [0.3, 0.4) is 0 Å². The fourth-order valence-electron chi connectivity index (χ4n) is 1.23. The molecule has 0 bridgehead atoms. The van der Waals surface area contributed by atoms with Gasteiger partial charge in [-0.15, -0.1) is 5.10 Å². The van der Waals surface area contributed by atoms with Gasteiger partial charge >= 0.3 is 5.97 Å². The summed E-state index contributed by atoms with van der Waals surface area (Å²) in [5, 5.41) is 27.9. The van der Waals surface area contributed by atoms with E-state index in [-0.39, 0.29) is 0 Å². The summed E-state index contributed by atoms with van der Waals surface area (Å²) < 4.78 is 0. The van der Waals surface area contributed by atoms with E-state index in [1.165, 1.54) is 6.33 Å². The summed E-state index contributed by atoms with van der Waals surface area (Å²) >= 11 is 0. The Morgan fingerprint density at radius 3 is 1.71 bits per heavy atom. The molecular weight excluding hydrogens is 308 g/mol. The number of aromatic amines is 1. The molecule has 0 fully saturated rings. The number of benzene rings is 2. The number of hydrogen-bond donors (Lipinski definition) is 2. The van der Waals surface area contributed by atoms with Gasteiger partial charge in [-0.2, -0.15) is 10.2 Å². The van der Waals surface area contributed by atoms with Gasteiger partial charge in [0.15, 0.2) is 0 Å². The summed E-state index contributed by atoms with van der Waals surface area (Å²) in [7, 11) is 0. The first-order valence-electron chi connectivity index (χ1n) is 6.76. The van der Waals surface area contributed by atoms with Gasteiger partial charge in [-0.1, -0.05) is 43.0 Å². The standard InChI is InChI=1S/C12H10N2.C3H4O2.CH2N4/c1-3-7-11(8-4-1)13-14-12-9-5-2-6-10-12;1-2-3(4)5;1-2-4-5-3-1/h1-10H;2H,1H2,(H,4,5);1H,(H,2,3,4,5). The van der Waals surface area contributed by atoms with Gasteiger partial charge in [0.2, 0.25) is 0 Å². The second-order valence-corrected chi connectivity index (χ2v) is 3.98. The van der Waals surface area contributed by atoms with Crippen LogP contribution in [0.1, 0.15) is 0 Å². The quantitative estimate of drug-likeness (QED) is 0.564. The van der Waals surface area contributed by atoms with Crippen LogP contribution in [0.15, 0.2) is 89.9 Å². The van der Waals surface area contributed by atoms with E-state index in [0.29, 0.717) is 0 Å². The summed E-state index contributed by atoms with van der Waals surface area (Å²) in [6, 6.07) is 19.4. The lowest BCUT2D eigenvalue weighted by atomic mass is 10.3. The fourth-order valence-corrected chi connectivity index (χ4v) is 1.23. The molecule has 3 rings (SSSR count). The second-order valence-electron chi connectivity index (χ2n) is 3.98. The molecule has 2 aromatic carbocycles. The number of carboxylic acids is 1. The number of carbonyl (C=O) groups is 1. The maximum atomic E-state index is 9.25. The lowest BCUT2D eigenvalue weighted by Crippen LogP contribution is -1.82. The first kappa shape index (κ1) is 18.4. The molecule has 0 aliphatic heterocycles. The molecule has 2 N–H and O–H groups in total. The van der Waals surface area contributed by atoms with Crippen LogP contribution in [0.2, 0.25) is 0 Å². The van der Waals surface area contributed by atoms with Crippen molar-refractivity contribution in [1.82, 2.24) is 20.6 Å². The Labute approximate surface area is 138 Å². The lowest BCUT2D eigenvalue weighted by Gasteiger charge is -1.91. The Hall–Kier alpha value is -3.68. The predicted molar refractivity (Wildman–Crippen MR) is 89.1 cm³/mol. The molecule has 1 heterocycles. The molecule has 24 heavy (non-hydrogen) atoms. The number of carboxylic acid groups (broad SMARTS) is 1. The van der Waals surface area contributed by atoms with Crippen molar-refractivity contribution in [2.24, 2.45) is 10.2 Å². The van der Waals surface area contributed by atoms with Crippen molar-refractivity contribution >= 4 is 17.3 Å². The number of aliphatic carboxylic acids is 1. The van der Waals surface area contributed by atoms with Gasteiger partial charge in [-0.3, -0.25) is 0 Å². The van der Waals surface area contributed by atoms with Crippen LogP contribution in [0, 0.1) is 0 Å². The molecule has 122 valence electrons. The highest BCUT2D eigenvalue weighted by Crippen LogP contribution is 2.16. The zero-order valence-electron chi connectivity index (χ0n) is 12.7. The topological polar surface area (TPSA) is 116 Å². The minimum absolute atomic E-state index is 0.833. The normalized spacial score (nSPS) is 9.17. The van der Waals surface area contributed by atoms with Crippen LogP contribution in [0.5, 0.6) is 0 Å². The number of nitrogens with zero attached hydrogens (tertiary/aromatic N) is 5. The van der Waals surface area contributed by atoms with Gasteiger partial charge in [-0.25, -0.2) is 9.89 Å². The zero-order chi connectivity index (χ0) is 17.5. The molecule has 0 spiro atoms. The first-order valence-corrected chi connectivity index (χ1v) is 6.76. The van der Waals surface area contributed by atoms with E-state index in [0.717, 1.165) is 17.5 Å². The SMILES string of the molecule is C=CC(=O)O.c1ccc(N=Nc2ccccc2)cc1.c1nnn[nH]1. The molecule has 8 nitrogen and oxygen atoms in total. The molecule has 0 radical (unpaired) electrons. The Morgan fingerprint density at radius 2 is 1.46 bits per heavy atom. The highest BCUT2D eigenvalue weighted by molar-refractivity contribution is 5.78. The number of azo groups is 1. The molecule has 0 atom stereocenters. The number of H-pyrrole nitrogens is 1. The fraction of sp³-hybridized carbons (Fsp3) is 0. The van der Waals surface area contributed by atoms with Crippen LogP contribution < -0.4 is 0 Å². The largest absolute Gasteiger partial charge is 0.478 e. The molecule has 0 amide bonds. The third-order valence-electron chi connectivity index (χ3n) is 2.24. The van der Waals surface area contributed by atoms with Crippen molar-refractivity contribution in [3.63, 3.8) is 0 Å². The van der Waals surface area contributed by atoms with E-state index in [1.54, 1.807) is 0 Å². The van der Waals surface area contributed by atoms with E-state index >= 15 is 0 Å². The third-order valence-corrected chi connectivity index (χ3v) is 2.24. The summed E-state index contributed by atoms with van der Waals surface area (Å²) in [5.41, 5.74) is 1.74. The average Bonchev–Trinajstić information content (AvgIpc) is 3.22. The van der Waals surface area contributed by atoms with Crippen molar-refractivity contribution in [3.8, 4) is 0 Å². The van der Waals surface area contributed by atoms with E-state index in [1.807, 2.05) is 60.7 Å². The Kier molecular flexibility index (Phi) is 9.13. The van der Waals surface area contributed by atoms with Gasteiger partial charge in [0.25, 0.3) is 0 Å². The lowest BCUT2D eigenvalue weighted by molar-refractivity contribution is -0.131. The van der Waals surface area contributed by atoms with Gasteiger partial charge in [0.1, 0.15) is 6.33 Å². The second kappa shape index (κ2) is 11.9. The Balaban J connectivity index is 0.000000237. The number of aromatic nitrogens is 4. The van der Waals surface area contributed by atoms with Crippen LogP contribution in [0.25, 0.3) is 0 Å². The zero-order valence-corrected chi connectivity index (χ0v) is 12.7. The van der Waals surface area contributed by atoms with E-state index in [2.05, 4.69) is 37.4 Å². The summed E-state index contributed by atoms with van der Waals surface area (Å²) in [6.07, 6.45) is 2.24. The maximum Gasteiger partial charge on any atom is 0.327 e. The van der Waals surface area contributed by atoms with Crippen LogP contribution in [-0.4, -0.2) is 31.7 Å². The molecule has 0 saturated carbocycles. The Morgan fingerprint density at radius 1 is 1.00 bits per heavy atom. The molecule has 1 aromatic heterocycles. The molecule has 0 unspecified atom stereocenters. The number of rotatable bonds is 3. The van der Waals surface area contributed by atoms with E-state index in [4.69, 9.17) is 5.11 Å². The highest BCUT2D eigenvalue weighted by atomic mass is 16.4. The Bertz CT molecular complexity index is 656.